The van der Waals surface area contributed by atoms with Crippen LogP contribution in [0.25, 0.3) is 32.3 Å². The summed E-state index contributed by atoms with van der Waals surface area (Å²) in [6.07, 6.45) is 15.0. The molecule has 3 amide bonds. The van der Waals surface area contributed by atoms with Crippen molar-refractivity contribution in [1.29, 1.82) is 0 Å². The van der Waals surface area contributed by atoms with Crippen molar-refractivity contribution in [3.8, 4) is 23.3 Å². The molecule has 1 atom stereocenters. The van der Waals surface area contributed by atoms with E-state index in [0.717, 1.165) is 212 Å². The van der Waals surface area contributed by atoms with Gasteiger partial charge in [0.1, 0.15) is 40.8 Å². The summed E-state index contributed by atoms with van der Waals surface area (Å²) in [5, 5.41) is 37.8. The molecule has 18 rings (SSSR count). The van der Waals surface area contributed by atoms with Gasteiger partial charge in [-0.1, -0.05) is 92.5 Å². The molecule has 6 saturated heterocycles. The van der Waals surface area contributed by atoms with Crippen LogP contribution in [-0.2, 0) is 53.3 Å². The molecular weight excluding hydrogens is 1420 g/mol. The fourth-order valence-electron chi connectivity index (χ4n) is 17.9. The highest BCUT2D eigenvalue weighted by atomic mass is 16.5. The van der Waals surface area contributed by atoms with Crippen LogP contribution in [0.15, 0.2) is 147 Å². The van der Waals surface area contributed by atoms with Gasteiger partial charge >= 0.3 is 6.01 Å². The zero-order chi connectivity index (χ0) is 77.6. The Kier molecular flexibility index (Phi) is 22.6. The predicted octanol–water partition coefficient (Wildman–Crippen LogP) is 10.7. The largest absolute Gasteiger partial charge is 0.508 e. The molecule has 9 aromatic rings. The second kappa shape index (κ2) is 33.8. The van der Waals surface area contributed by atoms with E-state index in [-0.39, 0.29) is 41.1 Å². The molecule has 3 aromatic heterocycles. The maximum absolute atomic E-state index is 12.2. The normalized spacial score (nSPS) is 18.3. The molecule has 0 unspecified atom stereocenters. The van der Waals surface area contributed by atoms with Crippen LogP contribution >= 0.6 is 0 Å². The quantitative estimate of drug-likeness (QED) is 0.0809. The molecule has 9 aliphatic rings. The average Bonchev–Trinajstić information content (AvgIpc) is 1.59. The number of benzene rings is 6. The highest BCUT2D eigenvalue weighted by Gasteiger charge is 2.35. The number of carbonyl (C=O) groups is 3. The zero-order valence-corrected chi connectivity index (χ0v) is 65.1. The Morgan fingerprint density at radius 1 is 0.381 bits per heavy atom. The zero-order valence-electron chi connectivity index (χ0n) is 65.1. The number of ether oxygens (including phenoxy) is 1. The van der Waals surface area contributed by atoms with E-state index in [4.69, 9.17) is 34.6 Å². The molecule has 0 bridgehead atoms. The van der Waals surface area contributed by atoms with Gasteiger partial charge in [-0.15, -0.1) is 0 Å². The molecule has 3 N–H and O–H groups in total. The molecule has 0 aliphatic carbocycles. The minimum atomic E-state index is -0.0295. The number of fused-ring (bicyclic) bond motifs is 6. The molecule has 9 aliphatic heterocycles. The lowest BCUT2D eigenvalue weighted by atomic mass is 10.0. The topological polar surface area (TPSA) is 237 Å². The summed E-state index contributed by atoms with van der Waals surface area (Å²) in [6.45, 7) is 32.8. The van der Waals surface area contributed by atoms with Crippen molar-refractivity contribution >= 4 is 96.5 Å². The number of phenols is 3. The van der Waals surface area contributed by atoms with Crippen molar-refractivity contribution in [2.75, 3.05) is 183 Å². The standard InChI is InChI=1S/C31H38N6O3.C29H34N6O2.C28H32N6O2/c1-3-29(39)35-14-16-36(17-15-35)30-26-10-13-37(28-19-24(38)18-23-8-4-5-9-25(23)28)21-27(26)32-31(33-30)40-22(2)20-34-11-6-7-12-34;1-2-27(37)32-14-16-33(17-15-32)28-24-10-13-35(26-19-22(36)18-21-8-4-5-9-23(21)26)20-25(24)30-29(31-28)34-11-6-3-7-12-34;1-2-26(36)31-13-15-32(16-14-31)27-23-9-12-34(19-24(23)29-28(30-27)33-10-5-6-11-33)25-18-21(35)17-20-7-3-4-8-22(20)25/h3-5,8-9,18-19,22,38H,1,6-7,10-17,20-21H2,2H3;2,4-5,8-9,18-19,36H,1,3,6-7,10-17,20H2;2-4,7-8,17-18,35H,1,5-6,9-16,19H2/t22-;;/m1../s1. The minimum absolute atomic E-state index is 0.00708. The van der Waals surface area contributed by atoms with E-state index in [1.54, 1.807) is 0 Å². The number of piperidine rings is 1. The molecule has 6 aromatic carbocycles. The molecule has 0 spiro atoms. The molecule has 113 heavy (non-hydrogen) atoms. The van der Waals surface area contributed by atoms with Gasteiger partial charge in [-0.05, 0) is 137 Å². The van der Waals surface area contributed by atoms with Crippen LogP contribution in [0.5, 0.6) is 23.3 Å². The summed E-state index contributed by atoms with van der Waals surface area (Å²) >= 11 is 0. The molecule has 25 nitrogen and oxygen atoms in total. The van der Waals surface area contributed by atoms with E-state index >= 15 is 0 Å². The van der Waals surface area contributed by atoms with Gasteiger partial charge in [0.05, 0.1) is 36.7 Å². The van der Waals surface area contributed by atoms with Gasteiger partial charge in [0.15, 0.2) is 0 Å². The molecule has 12 heterocycles. The Morgan fingerprint density at radius 2 is 0.708 bits per heavy atom. The monoisotopic (exact) mass is 1520 g/mol. The Balaban J connectivity index is 0.000000128. The number of amides is 3. The van der Waals surface area contributed by atoms with E-state index in [0.29, 0.717) is 78.0 Å². The van der Waals surface area contributed by atoms with Crippen molar-refractivity contribution < 1.29 is 34.4 Å². The van der Waals surface area contributed by atoms with Crippen LogP contribution in [0.2, 0.25) is 0 Å². The number of aromatic nitrogens is 6. The number of anilines is 8. The van der Waals surface area contributed by atoms with E-state index in [1.165, 1.54) is 74.3 Å². The number of nitrogens with zero attached hydrogens (tertiary/aromatic N) is 18. The Labute approximate surface area is 661 Å². The average molecular weight is 1530 g/mol. The summed E-state index contributed by atoms with van der Waals surface area (Å²) in [7, 11) is 0. The first kappa shape index (κ1) is 75.6. The van der Waals surface area contributed by atoms with Crippen molar-refractivity contribution in [3.63, 3.8) is 0 Å². The van der Waals surface area contributed by atoms with Crippen molar-refractivity contribution in [1.82, 2.24) is 49.5 Å². The van der Waals surface area contributed by atoms with Crippen molar-refractivity contribution in [2.24, 2.45) is 0 Å². The van der Waals surface area contributed by atoms with Gasteiger partial charge in [0, 0.05) is 199 Å². The number of aromatic hydroxyl groups is 3. The van der Waals surface area contributed by atoms with Crippen molar-refractivity contribution in [2.45, 2.75) is 96.9 Å². The highest BCUT2D eigenvalue weighted by molar-refractivity contribution is 5.98. The maximum Gasteiger partial charge on any atom is 0.318 e. The van der Waals surface area contributed by atoms with Crippen LogP contribution in [0.4, 0.5) is 46.4 Å². The first-order chi connectivity index (χ1) is 55.2. The highest BCUT2D eigenvalue weighted by Crippen LogP contribution is 2.42. The molecule has 0 radical (unpaired) electrons. The lowest BCUT2D eigenvalue weighted by Gasteiger charge is -2.39. The lowest BCUT2D eigenvalue weighted by Crippen LogP contribution is -2.49. The number of likely N-dealkylation sites (tertiary alicyclic amines) is 1. The first-order valence-electron chi connectivity index (χ1n) is 40.7. The first-order valence-corrected chi connectivity index (χ1v) is 40.7. The third kappa shape index (κ3) is 16.6. The number of piperazine rings is 3. The number of carbonyl (C=O) groups excluding carboxylic acids is 3. The Morgan fingerprint density at radius 3 is 1.07 bits per heavy atom. The maximum atomic E-state index is 12.2. The summed E-state index contributed by atoms with van der Waals surface area (Å²) in [4.78, 5) is 93.3. The molecule has 588 valence electrons. The molecule has 25 heteroatoms. The Bertz CT molecular complexity index is 5020. The fourth-order valence-corrected chi connectivity index (χ4v) is 17.9. The van der Waals surface area contributed by atoms with Gasteiger partial charge in [-0.3, -0.25) is 19.3 Å². The van der Waals surface area contributed by atoms with Gasteiger partial charge in [-0.25, -0.2) is 9.97 Å². The van der Waals surface area contributed by atoms with E-state index in [1.807, 2.05) is 106 Å². The smallest absolute Gasteiger partial charge is 0.318 e. The Hall–Kier alpha value is -11.5. The summed E-state index contributed by atoms with van der Waals surface area (Å²) < 4.78 is 6.35. The fraction of sp³-hybridized carbons (Fsp3) is 0.420. The van der Waals surface area contributed by atoms with Crippen LogP contribution in [0.1, 0.15) is 85.6 Å². The van der Waals surface area contributed by atoms with E-state index in [2.05, 4.69) is 89.0 Å². The second-order valence-corrected chi connectivity index (χ2v) is 31.1. The molecule has 6 fully saturated rings. The summed E-state index contributed by atoms with van der Waals surface area (Å²) in [5.41, 5.74) is 9.72. The van der Waals surface area contributed by atoms with Crippen LogP contribution < -0.4 is 43.9 Å². The molecular formula is C88H104N18O7. The summed E-state index contributed by atoms with van der Waals surface area (Å²) in [5.74, 6) is 5.37. The number of hydrogen-bond donors (Lipinski definition) is 3. The minimum Gasteiger partial charge on any atom is -0.508 e. The van der Waals surface area contributed by atoms with E-state index < -0.39 is 0 Å². The van der Waals surface area contributed by atoms with Crippen molar-refractivity contribution in [3.05, 3.63) is 181 Å². The lowest BCUT2D eigenvalue weighted by molar-refractivity contribution is -0.127. The van der Waals surface area contributed by atoms with Gasteiger partial charge < -0.3 is 74.0 Å². The van der Waals surface area contributed by atoms with Crippen LogP contribution in [0.3, 0.4) is 0 Å². The van der Waals surface area contributed by atoms with E-state index in [9.17, 15) is 29.7 Å². The number of phenolic OH excluding ortho intramolecular Hbond substituents is 3. The third-order valence-corrected chi connectivity index (χ3v) is 23.8. The SMILES string of the molecule is C=CC(=O)N1CCN(c2nc(N3CCCC3)nc3c2CCN(c2cc(O)cc4ccccc24)C3)CC1.C=CC(=O)N1CCN(c2nc(N3CCCCC3)nc3c2CCN(c2cc(O)cc4ccccc24)C3)CC1.C=CC(=O)N1CCN(c2nc(O[C@H](C)CN3CCCC3)nc3c2CCN(c2cc(O)cc4ccccc24)C3)CC1. The predicted molar refractivity (Wildman–Crippen MR) is 447 cm³/mol. The van der Waals surface area contributed by atoms with Gasteiger partial charge in [0.2, 0.25) is 29.6 Å². The number of hydrogen-bond acceptors (Lipinski definition) is 22. The third-order valence-electron chi connectivity index (χ3n) is 23.8. The number of rotatable bonds is 15. The summed E-state index contributed by atoms with van der Waals surface area (Å²) in [6, 6.07) is 36.0. The van der Waals surface area contributed by atoms with Gasteiger partial charge in [0.25, 0.3) is 0 Å². The van der Waals surface area contributed by atoms with Crippen LogP contribution in [0, 0.1) is 0 Å². The molecule has 0 saturated carbocycles. The van der Waals surface area contributed by atoms with Crippen LogP contribution in [-0.4, -0.2) is 233 Å². The van der Waals surface area contributed by atoms with Gasteiger partial charge in [-0.2, -0.15) is 19.9 Å². The second-order valence-electron chi connectivity index (χ2n) is 31.1.